The van der Waals surface area contributed by atoms with Crippen molar-refractivity contribution >= 4 is 16.9 Å². The molecule has 0 amide bonds. The van der Waals surface area contributed by atoms with E-state index in [9.17, 15) is 14.4 Å². The molecule has 0 bridgehead atoms. The number of carbonyl (C=O) groups is 1. The second kappa shape index (κ2) is 5.79. The first-order valence-corrected chi connectivity index (χ1v) is 8.01. The van der Waals surface area contributed by atoms with Crippen molar-refractivity contribution in [3.63, 3.8) is 0 Å². The molecule has 0 unspecified atom stereocenters. The Hall–Kier alpha value is -2.18. The lowest BCUT2D eigenvalue weighted by molar-refractivity contribution is -0.121. The largest absolute Gasteiger partial charge is 0.332 e. The lowest BCUT2D eigenvalue weighted by atomic mass is 9.80. The third kappa shape index (κ3) is 2.64. The predicted molar refractivity (Wildman–Crippen MR) is 86.3 cm³/mol. The van der Waals surface area contributed by atoms with Crippen LogP contribution < -0.4 is 11.2 Å². The standard InChI is InChI=1S/C16H22N4O3/c1-10(21)12-6-4-11(5-7-12)8-20-15(22)13-14(17-9-18(13)2)19(3)16(20)23/h9,11-12H,4-8H2,1-3H3/t11-,12-. The SMILES string of the molecule is CC(=O)[C@H]1CC[C@H](Cn2c(=O)c3c(ncn3C)n(C)c2=O)CC1. The van der Waals surface area contributed by atoms with Gasteiger partial charge in [0.1, 0.15) is 5.78 Å². The van der Waals surface area contributed by atoms with Crippen LogP contribution in [0.25, 0.3) is 11.2 Å². The molecule has 0 N–H and O–H groups in total. The molecule has 7 nitrogen and oxygen atoms in total. The zero-order valence-electron chi connectivity index (χ0n) is 13.8. The number of hydrogen-bond donors (Lipinski definition) is 0. The fourth-order valence-corrected chi connectivity index (χ4v) is 3.57. The summed E-state index contributed by atoms with van der Waals surface area (Å²) in [5, 5.41) is 0. The number of aryl methyl sites for hydroxylation is 2. The van der Waals surface area contributed by atoms with Gasteiger partial charge in [-0.15, -0.1) is 0 Å². The Morgan fingerprint density at radius 2 is 1.87 bits per heavy atom. The summed E-state index contributed by atoms with van der Waals surface area (Å²) in [7, 11) is 3.39. The van der Waals surface area contributed by atoms with Crippen molar-refractivity contribution in [2.24, 2.45) is 25.9 Å². The minimum atomic E-state index is -0.324. The van der Waals surface area contributed by atoms with Crippen LogP contribution in [0.5, 0.6) is 0 Å². The minimum Gasteiger partial charge on any atom is -0.328 e. The van der Waals surface area contributed by atoms with E-state index in [4.69, 9.17) is 0 Å². The highest BCUT2D eigenvalue weighted by Gasteiger charge is 2.25. The molecule has 0 saturated heterocycles. The molecule has 2 aromatic heterocycles. The van der Waals surface area contributed by atoms with Gasteiger partial charge in [0.15, 0.2) is 11.2 Å². The van der Waals surface area contributed by atoms with E-state index < -0.39 is 0 Å². The summed E-state index contributed by atoms with van der Waals surface area (Å²) in [6, 6.07) is 0. The Balaban J connectivity index is 1.92. The normalized spacial score (nSPS) is 21.7. The molecule has 23 heavy (non-hydrogen) atoms. The summed E-state index contributed by atoms with van der Waals surface area (Å²) in [6.45, 7) is 2.05. The lowest BCUT2D eigenvalue weighted by Crippen LogP contribution is -2.41. The maximum atomic E-state index is 12.7. The molecule has 0 spiro atoms. The molecule has 2 aromatic rings. The number of ketones is 1. The molecule has 0 aliphatic heterocycles. The van der Waals surface area contributed by atoms with Gasteiger partial charge >= 0.3 is 5.69 Å². The van der Waals surface area contributed by atoms with E-state index in [-0.39, 0.29) is 28.9 Å². The van der Waals surface area contributed by atoms with Gasteiger partial charge in [-0.25, -0.2) is 9.78 Å². The van der Waals surface area contributed by atoms with Crippen LogP contribution in [-0.4, -0.2) is 24.5 Å². The Morgan fingerprint density at radius 1 is 1.22 bits per heavy atom. The van der Waals surface area contributed by atoms with E-state index in [1.165, 1.54) is 9.13 Å². The van der Waals surface area contributed by atoms with Gasteiger partial charge in [-0.3, -0.25) is 18.7 Å². The van der Waals surface area contributed by atoms with E-state index in [1.54, 1.807) is 31.9 Å². The molecule has 0 aromatic carbocycles. The lowest BCUT2D eigenvalue weighted by Gasteiger charge is -2.27. The quantitative estimate of drug-likeness (QED) is 0.839. The average Bonchev–Trinajstić information content (AvgIpc) is 2.92. The molecule has 0 radical (unpaired) electrons. The Labute approximate surface area is 133 Å². The van der Waals surface area contributed by atoms with Crippen molar-refractivity contribution < 1.29 is 4.79 Å². The summed E-state index contributed by atoms with van der Waals surface area (Å²) in [4.78, 5) is 40.7. The molecule has 1 fully saturated rings. The first kappa shape index (κ1) is 15.7. The van der Waals surface area contributed by atoms with E-state index in [0.29, 0.717) is 17.7 Å². The van der Waals surface area contributed by atoms with Gasteiger partial charge < -0.3 is 4.57 Å². The summed E-state index contributed by atoms with van der Waals surface area (Å²) in [6.07, 6.45) is 5.01. The fraction of sp³-hybridized carbons (Fsp3) is 0.625. The van der Waals surface area contributed by atoms with Crippen LogP contribution in [0.15, 0.2) is 15.9 Å². The van der Waals surface area contributed by atoms with Gasteiger partial charge in [0.05, 0.1) is 6.33 Å². The zero-order chi connectivity index (χ0) is 16.7. The summed E-state index contributed by atoms with van der Waals surface area (Å²) in [5.74, 6) is 0.653. The van der Waals surface area contributed by atoms with Crippen molar-refractivity contribution in [3.05, 3.63) is 27.2 Å². The third-order valence-corrected chi connectivity index (χ3v) is 5.06. The zero-order valence-corrected chi connectivity index (χ0v) is 13.8. The molecule has 124 valence electrons. The van der Waals surface area contributed by atoms with Gasteiger partial charge in [-0.05, 0) is 38.5 Å². The summed E-state index contributed by atoms with van der Waals surface area (Å²) in [5.41, 5.74) is 0.259. The van der Waals surface area contributed by atoms with Crippen LogP contribution in [0.2, 0.25) is 0 Å². The Bertz CT molecular complexity index is 866. The van der Waals surface area contributed by atoms with Crippen LogP contribution >= 0.6 is 0 Å². The number of fused-ring (bicyclic) bond motifs is 1. The molecule has 1 aliphatic rings. The second-order valence-corrected chi connectivity index (χ2v) is 6.61. The first-order valence-electron chi connectivity index (χ1n) is 8.01. The highest BCUT2D eigenvalue weighted by atomic mass is 16.2. The maximum Gasteiger partial charge on any atom is 0.332 e. The maximum absolute atomic E-state index is 12.7. The Kier molecular flexibility index (Phi) is 3.95. The Morgan fingerprint density at radius 3 is 2.48 bits per heavy atom. The van der Waals surface area contributed by atoms with Crippen molar-refractivity contribution in [3.8, 4) is 0 Å². The highest BCUT2D eigenvalue weighted by Crippen LogP contribution is 2.29. The van der Waals surface area contributed by atoms with Gasteiger partial charge in [0, 0.05) is 26.6 Å². The second-order valence-electron chi connectivity index (χ2n) is 6.61. The van der Waals surface area contributed by atoms with Crippen molar-refractivity contribution in [2.45, 2.75) is 39.2 Å². The molecule has 1 aliphatic carbocycles. The van der Waals surface area contributed by atoms with Crippen LogP contribution in [0.4, 0.5) is 0 Å². The molecular formula is C16H22N4O3. The van der Waals surface area contributed by atoms with Gasteiger partial charge in [0.25, 0.3) is 5.56 Å². The number of rotatable bonds is 3. The van der Waals surface area contributed by atoms with E-state index in [0.717, 1.165) is 25.7 Å². The third-order valence-electron chi connectivity index (χ3n) is 5.06. The van der Waals surface area contributed by atoms with E-state index >= 15 is 0 Å². The van der Waals surface area contributed by atoms with Crippen LogP contribution in [0, 0.1) is 11.8 Å². The first-order chi connectivity index (χ1) is 10.9. The number of imidazole rings is 1. The molecule has 0 atom stereocenters. The molecule has 7 heteroatoms. The fourth-order valence-electron chi connectivity index (χ4n) is 3.57. The number of Topliss-reactive ketones (excluding diaryl/α,β-unsaturated/α-hetero) is 1. The monoisotopic (exact) mass is 318 g/mol. The summed E-state index contributed by atoms with van der Waals surface area (Å²) < 4.78 is 4.40. The summed E-state index contributed by atoms with van der Waals surface area (Å²) >= 11 is 0. The highest BCUT2D eigenvalue weighted by molar-refractivity contribution is 5.78. The average molecular weight is 318 g/mol. The van der Waals surface area contributed by atoms with Crippen molar-refractivity contribution in [2.75, 3.05) is 0 Å². The van der Waals surface area contributed by atoms with Crippen LogP contribution in [-0.2, 0) is 25.4 Å². The van der Waals surface area contributed by atoms with Crippen LogP contribution in [0.3, 0.4) is 0 Å². The number of carbonyl (C=O) groups excluding carboxylic acids is 1. The topological polar surface area (TPSA) is 78.9 Å². The van der Waals surface area contributed by atoms with Crippen molar-refractivity contribution in [1.29, 1.82) is 0 Å². The van der Waals surface area contributed by atoms with E-state index in [2.05, 4.69) is 4.98 Å². The smallest absolute Gasteiger partial charge is 0.328 e. The molecule has 1 saturated carbocycles. The van der Waals surface area contributed by atoms with Gasteiger partial charge in [0.2, 0.25) is 0 Å². The molecule has 3 rings (SSSR count). The molecular weight excluding hydrogens is 296 g/mol. The minimum absolute atomic E-state index is 0.144. The van der Waals surface area contributed by atoms with Crippen molar-refractivity contribution in [1.82, 2.24) is 18.7 Å². The van der Waals surface area contributed by atoms with Crippen LogP contribution in [0.1, 0.15) is 32.6 Å². The number of nitrogens with zero attached hydrogens (tertiary/aromatic N) is 4. The van der Waals surface area contributed by atoms with Gasteiger partial charge in [-0.1, -0.05) is 0 Å². The number of hydrogen-bond acceptors (Lipinski definition) is 4. The van der Waals surface area contributed by atoms with E-state index in [1.807, 2.05) is 0 Å². The molecule has 2 heterocycles. The predicted octanol–water partition coefficient (Wildman–Crippen LogP) is 0.829. The number of aromatic nitrogens is 4. The van der Waals surface area contributed by atoms with Gasteiger partial charge in [-0.2, -0.15) is 0 Å².